The maximum absolute atomic E-state index is 13.1. The molecule has 2 atom stereocenters. The van der Waals surface area contributed by atoms with Gasteiger partial charge < -0.3 is 9.88 Å². The SMILES string of the molecule is CCCC[C@H](CN(O)C=O)C(=O)N1CCC[C@H]1c1nc2ccncc2[nH]1. The van der Waals surface area contributed by atoms with Crippen LogP contribution in [0.1, 0.15) is 50.9 Å². The fourth-order valence-corrected chi connectivity index (χ4v) is 3.60. The van der Waals surface area contributed by atoms with Gasteiger partial charge in [-0.2, -0.15) is 0 Å². The molecule has 0 unspecified atom stereocenters. The van der Waals surface area contributed by atoms with Gasteiger partial charge in [0.15, 0.2) is 0 Å². The number of carbonyl (C=O) groups excluding carboxylic acids is 2. The summed E-state index contributed by atoms with van der Waals surface area (Å²) >= 11 is 0. The van der Waals surface area contributed by atoms with Gasteiger partial charge in [0, 0.05) is 12.7 Å². The molecule has 1 aliphatic heterocycles. The van der Waals surface area contributed by atoms with E-state index in [4.69, 9.17) is 0 Å². The summed E-state index contributed by atoms with van der Waals surface area (Å²) < 4.78 is 0. The van der Waals surface area contributed by atoms with E-state index in [2.05, 4.69) is 21.9 Å². The van der Waals surface area contributed by atoms with E-state index in [1.54, 1.807) is 12.4 Å². The quantitative estimate of drug-likeness (QED) is 0.428. The standard InChI is InChI=1S/C18H25N5O3/c1-2-3-5-13(11-22(26)12-24)18(25)23-9-4-6-16(23)17-20-14-7-8-19-10-15(14)21-17/h7-8,10,12-13,16,26H,2-6,9,11H2,1H3,(H,20,21)/t13-,16+/m1/s1. The molecule has 26 heavy (non-hydrogen) atoms. The van der Waals surface area contributed by atoms with Gasteiger partial charge in [-0.25, -0.2) is 10.0 Å². The number of fused-ring (bicyclic) bond motifs is 1. The summed E-state index contributed by atoms with van der Waals surface area (Å²) in [6.45, 7) is 2.74. The van der Waals surface area contributed by atoms with Crippen molar-refractivity contribution in [3.8, 4) is 0 Å². The lowest BCUT2D eigenvalue weighted by Gasteiger charge is -2.29. The second-order valence-corrected chi connectivity index (χ2v) is 6.77. The van der Waals surface area contributed by atoms with Crippen LogP contribution in [0.15, 0.2) is 18.5 Å². The summed E-state index contributed by atoms with van der Waals surface area (Å²) in [5.41, 5.74) is 1.69. The van der Waals surface area contributed by atoms with Crippen LogP contribution in [0.3, 0.4) is 0 Å². The summed E-state index contributed by atoms with van der Waals surface area (Å²) in [4.78, 5) is 37.7. The van der Waals surface area contributed by atoms with Crippen molar-refractivity contribution in [2.24, 2.45) is 5.92 Å². The van der Waals surface area contributed by atoms with Crippen molar-refractivity contribution in [1.82, 2.24) is 24.9 Å². The van der Waals surface area contributed by atoms with Gasteiger partial charge in [-0.15, -0.1) is 0 Å². The fraction of sp³-hybridized carbons (Fsp3) is 0.556. The van der Waals surface area contributed by atoms with Gasteiger partial charge in [0.05, 0.1) is 35.7 Å². The molecular weight excluding hydrogens is 334 g/mol. The van der Waals surface area contributed by atoms with Crippen molar-refractivity contribution in [3.05, 3.63) is 24.3 Å². The Morgan fingerprint density at radius 2 is 2.42 bits per heavy atom. The number of nitrogens with one attached hydrogen (secondary N) is 1. The molecule has 1 aliphatic rings. The summed E-state index contributed by atoms with van der Waals surface area (Å²) in [5.74, 6) is 0.335. The molecule has 2 N–H and O–H groups in total. The highest BCUT2D eigenvalue weighted by Crippen LogP contribution is 2.33. The van der Waals surface area contributed by atoms with Crippen molar-refractivity contribution >= 4 is 23.4 Å². The third-order valence-electron chi connectivity index (χ3n) is 4.94. The molecule has 0 saturated carbocycles. The summed E-state index contributed by atoms with van der Waals surface area (Å²) in [6, 6.07) is 1.73. The monoisotopic (exact) mass is 359 g/mol. The Labute approximate surface area is 152 Å². The zero-order chi connectivity index (χ0) is 18.5. The minimum absolute atomic E-state index is 0.0234. The highest BCUT2D eigenvalue weighted by atomic mass is 16.5. The van der Waals surface area contributed by atoms with Crippen LogP contribution in [-0.4, -0.2) is 55.5 Å². The van der Waals surface area contributed by atoms with Gasteiger partial charge in [-0.1, -0.05) is 19.8 Å². The topological polar surface area (TPSA) is 102 Å². The molecular formula is C18H25N5O3. The van der Waals surface area contributed by atoms with Crippen LogP contribution < -0.4 is 0 Å². The number of rotatable bonds is 8. The maximum Gasteiger partial charge on any atom is 0.233 e. The maximum atomic E-state index is 13.1. The van der Waals surface area contributed by atoms with E-state index >= 15 is 0 Å². The number of carbonyl (C=O) groups is 2. The third kappa shape index (κ3) is 3.85. The van der Waals surface area contributed by atoms with E-state index in [9.17, 15) is 14.8 Å². The molecule has 1 saturated heterocycles. The van der Waals surface area contributed by atoms with Gasteiger partial charge in [0.1, 0.15) is 5.82 Å². The molecule has 3 rings (SSSR count). The number of H-pyrrole nitrogens is 1. The van der Waals surface area contributed by atoms with Crippen LogP contribution in [0.2, 0.25) is 0 Å². The number of hydroxylamine groups is 2. The van der Waals surface area contributed by atoms with Crippen LogP contribution in [0.5, 0.6) is 0 Å². The number of hydrogen-bond acceptors (Lipinski definition) is 5. The number of aromatic amines is 1. The molecule has 2 amide bonds. The van der Waals surface area contributed by atoms with Crippen LogP contribution >= 0.6 is 0 Å². The molecule has 140 valence electrons. The normalized spacial score (nSPS) is 18.2. The van der Waals surface area contributed by atoms with Crippen LogP contribution in [0, 0.1) is 5.92 Å². The molecule has 2 aromatic rings. The number of hydrogen-bond donors (Lipinski definition) is 2. The minimum atomic E-state index is -0.406. The fourth-order valence-electron chi connectivity index (χ4n) is 3.60. The zero-order valence-corrected chi connectivity index (χ0v) is 15.0. The lowest BCUT2D eigenvalue weighted by molar-refractivity contribution is -0.157. The Bertz CT molecular complexity index is 729. The van der Waals surface area contributed by atoms with E-state index in [-0.39, 0.29) is 18.5 Å². The first-order chi connectivity index (χ1) is 12.6. The number of pyridine rings is 1. The second-order valence-electron chi connectivity index (χ2n) is 6.77. The Kier molecular flexibility index (Phi) is 5.82. The van der Waals surface area contributed by atoms with Crippen LogP contribution in [0.25, 0.3) is 11.0 Å². The lowest BCUT2D eigenvalue weighted by Crippen LogP contribution is -2.40. The number of amides is 2. The smallest absolute Gasteiger partial charge is 0.233 e. The van der Waals surface area contributed by atoms with Crippen molar-refractivity contribution in [3.63, 3.8) is 0 Å². The predicted octanol–water partition coefficient (Wildman–Crippen LogP) is 2.28. The van der Waals surface area contributed by atoms with Crippen molar-refractivity contribution < 1.29 is 14.8 Å². The molecule has 0 spiro atoms. The second kappa shape index (κ2) is 8.27. The Balaban J connectivity index is 1.80. The molecule has 1 fully saturated rings. The summed E-state index contributed by atoms with van der Waals surface area (Å²) in [6.07, 6.45) is 7.99. The van der Waals surface area contributed by atoms with Crippen molar-refractivity contribution in [2.45, 2.75) is 45.1 Å². The molecule has 0 aliphatic carbocycles. The molecule has 0 aromatic carbocycles. The third-order valence-corrected chi connectivity index (χ3v) is 4.94. The summed E-state index contributed by atoms with van der Waals surface area (Å²) in [7, 11) is 0. The number of nitrogens with zero attached hydrogens (tertiary/aromatic N) is 4. The molecule has 0 radical (unpaired) electrons. The van der Waals surface area contributed by atoms with Crippen molar-refractivity contribution in [2.75, 3.05) is 13.1 Å². The van der Waals surface area contributed by atoms with Gasteiger partial charge in [0.25, 0.3) is 0 Å². The van der Waals surface area contributed by atoms with Crippen LogP contribution in [-0.2, 0) is 9.59 Å². The Morgan fingerprint density at radius 3 is 3.15 bits per heavy atom. The first-order valence-corrected chi connectivity index (χ1v) is 9.15. The van der Waals surface area contributed by atoms with Crippen LogP contribution in [0.4, 0.5) is 0 Å². The Morgan fingerprint density at radius 1 is 1.58 bits per heavy atom. The lowest BCUT2D eigenvalue weighted by atomic mass is 9.99. The van der Waals surface area contributed by atoms with E-state index < -0.39 is 5.92 Å². The molecule has 8 heteroatoms. The number of unbranched alkanes of at least 4 members (excludes halogenated alkanes) is 1. The average Bonchev–Trinajstić information content (AvgIpc) is 3.30. The predicted molar refractivity (Wildman–Crippen MR) is 95.1 cm³/mol. The Hall–Kier alpha value is -2.48. The van der Waals surface area contributed by atoms with Gasteiger partial charge in [-0.05, 0) is 25.3 Å². The zero-order valence-electron chi connectivity index (χ0n) is 15.0. The highest BCUT2D eigenvalue weighted by Gasteiger charge is 2.35. The molecule has 8 nitrogen and oxygen atoms in total. The largest absolute Gasteiger partial charge is 0.339 e. The highest BCUT2D eigenvalue weighted by molar-refractivity contribution is 5.80. The first-order valence-electron chi connectivity index (χ1n) is 9.15. The minimum Gasteiger partial charge on any atom is -0.339 e. The van der Waals surface area contributed by atoms with E-state index in [0.29, 0.717) is 24.4 Å². The number of imidazole rings is 1. The molecule has 0 bridgehead atoms. The average molecular weight is 359 g/mol. The van der Waals surface area contributed by atoms with Gasteiger partial charge in [-0.3, -0.25) is 19.8 Å². The number of aromatic nitrogens is 3. The number of likely N-dealkylation sites (tertiary alicyclic amines) is 1. The molecule has 3 heterocycles. The van der Waals surface area contributed by atoms with E-state index in [1.165, 1.54) is 0 Å². The summed E-state index contributed by atoms with van der Waals surface area (Å²) in [5, 5.41) is 10.1. The van der Waals surface area contributed by atoms with E-state index in [0.717, 1.165) is 42.5 Å². The first kappa shape index (κ1) is 18.3. The molecule has 2 aromatic heterocycles. The van der Waals surface area contributed by atoms with Crippen molar-refractivity contribution in [1.29, 1.82) is 0 Å². The van der Waals surface area contributed by atoms with Gasteiger partial charge >= 0.3 is 0 Å². The van der Waals surface area contributed by atoms with E-state index in [1.807, 2.05) is 11.0 Å². The van der Waals surface area contributed by atoms with Gasteiger partial charge in [0.2, 0.25) is 12.3 Å².